The molecule has 0 spiro atoms. The highest BCUT2D eigenvalue weighted by molar-refractivity contribution is 5.95. The van der Waals surface area contributed by atoms with Gasteiger partial charge >= 0.3 is 12.4 Å². The fraction of sp³-hybridized carbons (Fsp3) is 0.565. The number of carbonyl (C=O) groups excluding carboxylic acids is 2. The molecule has 0 aliphatic heterocycles. The Labute approximate surface area is 193 Å². The predicted octanol–water partition coefficient (Wildman–Crippen LogP) is 4.79. The van der Waals surface area contributed by atoms with Crippen molar-refractivity contribution in [2.45, 2.75) is 63.3 Å². The third-order valence-electron chi connectivity index (χ3n) is 5.94. The van der Waals surface area contributed by atoms with E-state index in [1.807, 2.05) is 0 Å². The SMILES string of the molecule is O=C(CC1CC1)NCCNC1CCC(=CNC(=O)c2cc(C(F)(F)F)cc(C(F)(F)F)c2)CC1. The third kappa shape index (κ3) is 8.03. The van der Waals surface area contributed by atoms with Crippen molar-refractivity contribution in [1.29, 1.82) is 0 Å². The number of hydrogen-bond donors (Lipinski definition) is 3. The van der Waals surface area contributed by atoms with Gasteiger partial charge in [0.15, 0.2) is 0 Å². The van der Waals surface area contributed by atoms with Gasteiger partial charge in [-0.25, -0.2) is 0 Å². The largest absolute Gasteiger partial charge is 0.416 e. The van der Waals surface area contributed by atoms with Gasteiger partial charge in [-0.05, 0) is 62.6 Å². The number of nitrogens with one attached hydrogen (secondary N) is 3. The molecule has 0 heterocycles. The molecule has 5 nitrogen and oxygen atoms in total. The minimum atomic E-state index is -5.01. The first-order chi connectivity index (χ1) is 15.9. The number of amides is 2. The summed E-state index contributed by atoms with van der Waals surface area (Å²) in [6.45, 7) is 1.17. The predicted molar refractivity (Wildman–Crippen MR) is 113 cm³/mol. The van der Waals surface area contributed by atoms with Gasteiger partial charge in [0.2, 0.25) is 5.91 Å². The molecule has 0 atom stereocenters. The second kappa shape index (κ2) is 10.8. The summed E-state index contributed by atoms with van der Waals surface area (Å²) in [4.78, 5) is 23.9. The van der Waals surface area contributed by atoms with Crippen molar-refractivity contribution >= 4 is 11.8 Å². The highest BCUT2D eigenvalue weighted by Gasteiger charge is 2.37. The molecule has 0 bridgehead atoms. The number of carbonyl (C=O) groups is 2. The maximum atomic E-state index is 13.0. The van der Waals surface area contributed by atoms with Gasteiger partial charge in [0.1, 0.15) is 0 Å². The molecule has 2 fully saturated rings. The van der Waals surface area contributed by atoms with E-state index in [0.29, 0.717) is 50.4 Å². The lowest BCUT2D eigenvalue weighted by atomic mass is 9.91. The molecule has 0 saturated heterocycles. The Morgan fingerprint density at radius 1 is 0.882 bits per heavy atom. The second-order valence-corrected chi connectivity index (χ2v) is 8.80. The van der Waals surface area contributed by atoms with Gasteiger partial charge in [-0.3, -0.25) is 9.59 Å². The van der Waals surface area contributed by atoms with Crippen LogP contribution in [-0.4, -0.2) is 30.9 Å². The summed E-state index contributed by atoms with van der Waals surface area (Å²) in [7, 11) is 0. The highest BCUT2D eigenvalue weighted by Crippen LogP contribution is 2.36. The van der Waals surface area contributed by atoms with Gasteiger partial charge in [-0.1, -0.05) is 5.57 Å². The summed E-state index contributed by atoms with van der Waals surface area (Å²) in [5.74, 6) is -0.430. The number of hydrogen-bond acceptors (Lipinski definition) is 3. The molecule has 34 heavy (non-hydrogen) atoms. The minimum Gasteiger partial charge on any atom is -0.355 e. The molecule has 0 unspecified atom stereocenters. The van der Waals surface area contributed by atoms with Crippen molar-refractivity contribution in [3.63, 3.8) is 0 Å². The summed E-state index contributed by atoms with van der Waals surface area (Å²) in [5, 5.41) is 8.55. The Balaban J connectivity index is 1.47. The zero-order valence-electron chi connectivity index (χ0n) is 18.4. The molecule has 3 rings (SSSR count). The monoisotopic (exact) mass is 491 g/mol. The van der Waals surface area contributed by atoms with E-state index < -0.39 is 35.0 Å². The molecule has 2 amide bonds. The van der Waals surface area contributed by atoms with Gasteiger partial charge in [-0.2, -0.15) is 26.3 Å². The van der Waals surface area contributed by atoms with E-state index in [4.69, 9.17) is 0 Å². The van der Waals surface area contributed by atoms with Crippen molar-refractivity contribution in [3.8, 4) is 0 Å². The summed E-state index contributed by atoms with van der Waals surface area (Å²) >= 11 is 0. The van der Waals surface area contributed by atoms with Gasteiger partial charge in [-0.15, -0.1) is 0 Å². The van der Waals surface area contributed by atoms with E-state index in [1.54, 1.807) is 0 Å². The van der Waals surface area contributed by atoms with Gasteiger partial charge in [0.25, 0.3) is 5.91 Å². The zero-order valence-corrected chi connectivity index (χ0v) is 18.4. The molecule has 0 aromatic heterocycles. The van der Waals surface area contributed by atoms with Gasteiger partial charge < -0.3 is 16.0 Å². The average Bonchev–Trinajstić information content (AvgIpc) is 3.58. The van der Waals surface area contributed by atoms with E-state index in [2.05, 4.69) is 16.0 Å². The fourth-order valence-corrected chi connectivity index (χ4v) is 3.81. The summed E-state index contributed by atoms with van der Waals surface area (Å²) in [5.41, 5.74) is -2.92. The molecule has 11 heteroatoms. The Morgan fingerprint density at radius 3 is 2.00 bits per heavy atom. The van der Waals surface area contributed by atoms with Crippen LogP contribution in [0.4, 0.5) is 26.3 Å². The van der Waals surface area contributed by atoms with E-state index in [1.165, 1.54) is 6.20 Å². The zero-order chi connectivity index (χ0) is 24.9. The molecule has 1 aromatic rings. The minimum absolute atomic E-state index is 0.0118. The quantitative estimate of drug-likeness (QED) is 0.362. The van der Waals surface area contributed by atoms with Crippen LogP contribution in [0.25, 0.3) is 0 Å². The first kappa shape index (κ1) is 26.1. The van der Waals surface area contributed by atoms with Crippen molar-refractivity contribution in [3.05, 3.63) is 46.7 Å². The van der Waals surface area contributed by atoms with Crippen LogP contribution >= 0.6 is 0 Å². The van der Waals surface area contributed by atoms with Crippen LogP contribution in [0, 0.1) is 5.92 Å². The van der Waals surface area contributed by atoms with Crippen molar-refractivity contribution in [2.75, 3.05) is 13.1 Å². The van der Waals surface area contributed by atoms with Crippen LogP contribution in [0.3, 0.4) is 0 Å². The highest BCUT2D eigenvalue weighted by atomic mass is 19.4. The molecular formula is C23H27F6N3O2. The average molecular weight is 491 g/mol. The number of halogens is 6. The van der Waals surface area contributed by atoms with Crippen LogP contribution in [0.15, 0.2) is 30.0 Å². The van der Waals surface area contributed by atoms with Crippen LogP contribution in [-0.2, 0) is 17.1 Å². The maximum absolute atomic E-state index is 13.0. The lowest BCUT2D eigenvalue weighted by Gasteiger charge is -2.25. The summed E-state index contributed by atoms with van der Waals surface area (Å²) in [6, 6.07) is 1.04. The Hall–Kier alpha value is -2.56. The topological polar surface area (TPSA) is 70.2 Å². The smallest absolute Gasteiger partial charge is 0.355 e. The van der Waals surface area contributed by atoms with Gasteiger partial charge in [0.05, 0.1) is 11.1 Å². The van der Waals surface area contributed by atoms with Crippen molar-refractivity contribution < 1.29 is 35.9 Å². The number of allylic oxidation sites excluding steroid dienone is 1. The molecule has 3 N–H and O–H groups in total. The van der Waals surface area contributed by atoms with Crippen LogP contribution in [0.2, 0.25) is 0 Å². The van der Waals surface area contributed by atoms with E-state index in [-0.39, 0.29) is 18.0 Å². The standard InChI is InChI=1S/C23H27F6N3O2/c24-22(25,26)17-10-16(11-18(12-17)23(27,28)29)21(34)32-13-15-3-5-19(6-4-15)30-7-8-31-20(33)9-14-1-2-14/h10-14,19,30H,1-9H2,(H,31,33)(H,32,34). The summed E-state index contributed by atoms with van der Waals surface area (Å²) < 4.78 is 77.9. The van der Waals surface area contributed by atoms with Crippen molar-refractivity contribution in [2.24, 2.45) is 5.92 Å². The van der Waals surface area contributed by atoms with Crippen LogP contribution < -0.4 is 16.0 Å². The molecule has 1 aromatic carbocycles. The second-order valence-electron chi connectivity index (χ2n) is 8.80. The molecular weight excluding hydrogens is 464 g/mol. The molecule has 0 radical (unpaired) electrons. The first-order valence-electron chi connectivity index (χ1n) is 11.2. The molecule has 2 aliphatic rings. The maximum Gasteiger partial charge on any atom is 0.416 e. The number of alkyl halides is 6. The Morgan fingerprint density at radius 2 is 1.47 bits per heavy atom. The van der Waals surface area contributed by atoms with Crippen molar-refractivity contribution in [1.82, 2.24) is 16.0 Å². The fourth-order valence-electron chi connectivity index (χ4n) is 3.81. The Bertz CT molecular complexity index is 880. The lowest BCUT2D eigenvalue weighted by molar-refractivity contribution is -0.143. The number of benzene rings is 1. The van der Waals surface area contributed by atoms with Crippen LogP contribution in [0.5, 0.6) is 0 Å². The lowest BCUT2D eigenvalue weighted by Crippen LogP contribution is -2.38. The Kier molecular flexibility index (Phi) is 8.27. The van der Waals surface area contributed by atoms with E-state index in [0.717, 1.165) is 31.3 Å². The summed E-state index contributed by atoms with van der Waals surface area (Å²) in [6.07, 6.45) is -3.05. The number of rotatable bonds is 8. The van der Waals surface area contributed by atoms with E-state index >= 15 is 0 Å². The molecule has 2 aliphatic carbocycles. The third-order valence-corrected chi connectivity index (χ3v) is 5.94. The molecule has 2 saturated carbocycles. The van der Waals surface area contributed by atoms with E-state index in [9.17, 15) is 35.9 Å². The normalized spacial score (nSPS) is 19.0. The first-order valence-corrected chi connectivity index (χ1v) is 11.2. The van der Waals surface area contributed by atoms with Gasteiger partial charge in [0, 0.05) is 37.3 Å². The van der Waals surface area contributed by atoms with Crippen LogP contribution in [0.1, 0.15) is 66.4 Å². The molecule has 188 valence electrons.